The summed E-state index contributed by atoms with van der Waals surface area (Å²) in [5, 5.41) is 3.44. The number of ether oxygens (including phenoxy) is 1. The average Bonchev–Trinajstić information content (AvgIpc) is 2.09. The van der Waals surface area contributed by atoms with E-state index in [-0.39, 0.29) is 0 Å². The van der Waals surface area contributed by atoms with Gasteiger partial charge in [0.05, 0.1) is 12.7 Å². The molecule has 0 aliphatic carbocycles. The number of likely N-dealkylation sites (N-methyl/N-ethyl adjacent to an activating group) is 1. The molecule has 0 saturated carbocycles. The molecule has 14 heavy (non-hydrogen) atoms. The van der Waals surface area contributed by atoms with Crippen LogP contribution in [-0.4, -0.2) is 50.8 Å². The first kappa shape index (κ1) is 13.9. The lowest BCUT2D eigenvalue weighted by atomic mass is 10.2. The van der Waals surface area contributed by atoms with Crippen LogP contribution < -0.4 is 5.32 Å². The average molecular weight is 202 g/mol. The van der Waals surface area contributed by atoms with Crippen LogP contribution in [0.15, 0.2) is 0 Å². The van der Waals surface area contributed by atoms with Gasteiger partial charge in [0, 0.05) is 6.04 Å². The Morgan fingerprint density at radius 2 is 1.93 bits per heavy atom. The van der Waals surface area contributed by atoms with E-state index in [0.29, 0.717) is 12.1 Å². The molecule has 1 N–H and O–H groups in total. The minimum atomic E-state index is 0.329. The molecule has 0 aromatic carbocycles. The molecule has 3 heteroatoms. The number of rotatable bonds is 8. The topological polar surface area (TPSA) is 24.5 Å². The van der Waals surface area contributed by atoms with E-state index in [9.17, 15) is 0 Å². The van der Waals surface area contributed by atoms with E-state index in [0.717, 1.165) is 26.1 Å². The maximum Gasteiger partial charge on any atom is 0.0623 e. The van der Waals surface area contributed by atoms with Crippen molar-refractivity contribution in [2.45, 2.75) is 39.3 Å². The Balaban J connectivity index is 3.65. The first-order valence-corrected chi connectivity index (χ1v) is 5.56. The molecule has 0 radical (unpaired) electrons. The summed E-state index contributed by atoms with van der Waals surface area (Å²) in [5.74, 6) is 0. The SMILES string of the molecule is CCNC(CCN(C)C)COC(C)C. The zero-order valence-corrected chi connectivity index (χ0v) is 10.3. The molecular weight excluding hydrogens is 176 g/mol. The monoisotopic (exact) mass is 202 g/mol. The Hall–Kier alpha value is -0.120. The molecular formula is C11H26N2O. The number of nitrogens with zero attached hydrogens (tertiary/aromatic N) is 1. The maximum atomic E-state index is 5.61. The Bertz CT molecular complexity index is 114. The van der Waals surface area contributed by atoms with Crippen LogP contribution in [-0.2, 0) is 4.74 Å². The van der Waals surface area contributed by atoms with Crippen molar-refractivity contribution in [3.63, 3.8) is 0 Å². The molecule has 0 heterocycles. The normalized spacial score (nSPS) is 13.9. The number of hydrogen-bond donors (Lipinski definition) is 1. The van der Waals surface area contributed by atoms with E-state index in [1.165, 1.54) is 0 Å². The molecule has 0 rings (SSSR count). The van der Waals surface area contributed by atoms with E-state index in [1.54, 1.807) is 0 Å². The molecule has 0 bridgehead atoms. The van der Waals surface area contributed by atoms with Crippen molar-refractivity contribution < 1.29 is 4.74 Å². The predicted molar refractivity (Wildman–Crippen MR) is 61.7 cm³/mol. The third-order valence-electron chi connectivity index (χ3n) is 2.05. The quantitative estimate of drug-likeness (QED) is 0.643. The van der Waals surface area contributed by atoms with E-state index >= 15 is 0 Å². The largest absolute Gasteiger partial charge is 0.377 e. The summed E-state index contributed by atoms with van der Waals surface area (Å²) in [7, 11) is 4.21. The molecule has 0 aliphatic heterocycles. The molecule has 1 unspecified atom stereocenters. The van der Waals surface area contributed by atoms with Crippen molar-refractivity contribution in [2.75, 3.05) is 33.8 Å². The van der Waals surface area contributed by atoms with Gasteiger partial charge >= 0.3 is 0 Å². The van der Waals surface area contributed by atoms with E-state index in [1.807, 2.05) is 0 Å². The van der Waals surface area contributed by atoms with E-state index < -0.39 is 0 Å². The van der Waals surface area contributed by atoms with Gasteiger partial charge in [0.2, 0.25) is 0 Å². The van der Waals surface area contributed by atoms with Gasteiger partial charge in [-0.3, -0.25) is 0 Å². The summed E-state index contributed by atoms with van der Waals surface area (Å²) < 4.78 is 5.61. The Kier molecular flexibility index (Phi) is 8.14. The van der Waals surface area contributed by atoms with Gasteiger partial charge in [-0.2, -0.15) is 0 Å². The third kappa shape index (κ3) is 8.48. The van der Waals surface area contributed by atoms with Crippen molar-refractivity contribution in [3.05, 3.63) is 0 Å². The van der Waals surface area contributed by atoms with E-state index in [2.05, 4.69) is 45.1 Å². The summed E-state index contributed by atoms with van der Waals surface area (Å²) in [6, 6.07) is 0.491. The Morgan fingerprint density at radius 1 is 1.29 bits per heavy atom. The van der Waals surface area contributed by atoms with Crippen LogP contribution in [0.5, 0.6) is 0 Å². The highest BCUT2D eigenvalue weighted by molar-refractivity contribution is 4.66. The lowest BCUT2D eigenvalue weighted by Crippen LogP contribution is -2.36. The van der Waals surface area contributed by atoms with Gasteiger partial charge in [0.15, 0.2) is 0 Å². The van der Waals surface area contributed by atoms with Gasteiger partial charge in [-0.15, -0.1) is 0 Å². The van der Waals surface area contributed by atoms with Crippen LogP contribution in [0.1, 0.15) is 27.2 Å². The maximum absolute atomic E-state index is 5.61. The first-order chi connectivity index (χ1) is 6.56. The summed E-state index contributed by atoms with van der Waals surface area (Å²) in [4.78, 5) is 2.21. The zero-order valence-electron chi connectivity index (χ0n) is 10.3. The van der Waals surface area contributed by atoms with Crippen LogP contribution in [0.2, 0.25) is 0 Å². The second-order valence-corrected chi connectivity index (χ2v) is 4.23. The highest BCUT2D eigenvalue weighted by Crippen LogP contribution is 1.97. The van der Waals surface area contributed by atoms with Gasteiger partial charge in [-0.1, -0.05) is 6.92 Å². The fraction of sp³-hybridized carbons (Fsp3) is 1.00. The van der Waals surface area contributed by atoms with Crippen molar-refractivity contribution in [2.24, 2.45) is 0 Å². The fourth-order valence-corrected chi connectivity index (χ4v) is 1.26. The van der Waals surface area contributed by atoms with Crippen LogP contribution >= 0.6 is 0 Å². The molecule has 0 aromatic rings. The van der Waals surface area contributed by atoms with Crippen molar-refractivity contribution in [1.29, 1.82) is 0 Å². The van der Waals surface area contributed by atoms with Crippen molar-refractivity contribution in [1.82, 2.24) is 10.2 Å². The molecule has 0 spiro atoms. The highest BCUT2D eigenvalue weighted by atomic mass is 16.5. The molecule has 0 fully saturated rings. The minimum absolute atomic E-state index is 0.329. The highest BCUT2D eigenvalue weighted by Gasteiger charge is 2.08. The summed E-state index contributed by atoms with van der Waals surface area (Å²) >= 11 is 0. The minimum Gasteiger partial charge on any atom is -0.377 e. The van der Waals surface area contributed by atoms with Crippen LogP contribution in [0.4, 0.5) is 0 Å². The molecule has 3 nitrogen and oxygen atoms in total. The second-order valence-electron chi connectivity index (χ2n) is 4.23. The van der Waals surface area contributed by atoms with Gasteiger partial charge in [0.25, 0.3) is 0 Å². The van der Waals surface area contributed by atoms with Crippen molar-refractivity contribution in [3.8, 4) is 0 Å². The van der Waals surface area contributed by atoms with Gasteiger partial charge < -0.3 is 15.0 Å². The molecule has 0 amide bonds. The third-order valence-corrected chi connectivity index (χ3v) is 2.05. The number of nitrogens with one attached hydrogen (secondary N) is 1. The van der Waals surface area contributed by atoms with Gasteiger partial charge in [0.1, 0.15) is 0 Å². The Labute approximate surface area is 88.8 Å². The lowest BCUT2D eigenvalue weighted by molar-refractivity contribution is 0.0584. The summed E-state index contributed by atoms with van der Waals surface area (Å²) in [5.41, 5.74) is 0. The summed E-state index contributed by atoms with van der Waals surface area (Å²) in [6.45, 7) is 9.24. The Morgan fingerprint density at radius 3 is 2.36 bits per heavy atom. The molecule has 1 atom stereocenters. The molecule has 0 aromatic heterocycles. The molecule has 86 valence electrons. The van der Waals surface area contributed by atoms with Gasteiger partial charge in [-0.05, 0) is 47.5 Å². The lowest BCUT2D eigenvalue weighted by Gasteiger charge is -2.21. The molecule has 0 aliphatic rings. The van der Waals surface area contributed by atoms with Crippen LogP contribution in [0, 0.1) is 0 Å². The molecule has 0 saturated heterocycles. The van der Waals surface area contributed by atoms with Crippen molar-refractivity contribution >= 4 is 0 Å². The van der Waals surface area contributed by atoms with Crippen LogP contribution in [0.3, 0.4) is 0 Å². The zero-order chi connectivity index (χ0) is 11.0. The standard InChI is InChI=1S/C11H26N2O/c1-6-12-11(7-8-13(4)5)9-14-10(2)3/h10-12H,6-9H2,1-5H3. The smallest absolute Gasteiger partial charge is 0.0623 e. The second kappa shape index (κ2) is 8.21. The van der Waals surface area contributed by atoms with Gasteiger partial charge in [-0.25, -0.2) is 0 Å². The fourth-order valence-electron chi connectivity index (χ4n) is 1.26. The van der Waals surface area contributed by atoms with Crippen LogP contribution in [0.25, 0.3) is 0 Å². The number of hydrogen-bond acceptors (Lipinski definition) is 3. The first-order valence-electron chi connectivity index (χ1n) is 5.56. The predicted octanol–water partition coefficient (Wildman–Crippen LogP) is 1.34. The van der Waals surface area contributed by atoms with E-state index in [4.69, 9.17) is 4.74 Å². The summed E-state index contributed by atoms with van der Waals surface area (Å²) in [6.07, 6.45) is 1.48.